The average Bonchev–Trinajstić information content (AvgIpc) is 2.77. The average molecular weight is 285 g/mol. The van der Waals surface area contributed by atoms with E-state index in [4.69, 9.17) is 21.3 Å². The Hall–Kier alpha value is -2.17. The summed E-state index contributed by atoms with van der Waals surface area (Å²) in [7, 11) is 0. The van der Waals surface area contributed by atoms with Crippen molar-refractivity contribution in [1.29, 1.82) is 0 Å². The molecule has 1 aliphatic rings. The van der Waals surface area contributed by atoms with Gasteiger partial charge in [0.05, 0.1) is 12.7 Å². The van der Waals surface area contributed by atoms with Crippen LogP contribution in [0.15, 0.2) is 4.79 Å². The number of ether oxygens (including phenoxy) is 1. The van der Waals surface area contributed by atoms with Crippen molar-refractivity contribution >= 4 is 23.9 Å². The number of nitrogens with two attached hydrogens (primary N) is 2. The first kappa shape index (κ1) is 14.2. The van der Waals surface area contributed by atoms with Gasteiger partial charge in [0.1, 0.15) is 18.0 Å². The molecule has 10 heteroatoms. The second-order valence-electron chi connectivity index (χ2n) is 4.32. The number of amides is 1. The number of aliphatic hydroxyl groups is 2. The summed E-state index contributed by atoms with van der Waals surface area (Å²) in [6.45, 7) is -0.398. The molecule has 0 spiro atoms. The van der Waals surface area contributed by atoms with Crippen LogP contribution in [-0.4, -0.2) is 51.6 Å². The number of aliphatic hydroxyl groups excluding tert-OH is 2. The van der Waals surface area contributed by atoms with E-state index in [1.165, 1.54) is 0 Å². The second kappa shape index (κ2) is 5.45. The van der Waals surface area contributed by atoms with Gasteiger partial charge in [-0.3, -0.25) is 19.5 Å². The highest BCUT2D eigenvalue weighted by Crippen LogP contribution is 2.27. The second-order valence-corrected chi connectivity index (χ2v) is 4.32. The third kappa shape index (κ3) is 2.43. The largest absolute Gasteiger partial charge is 0.394 e. The Balaban J connectivity index is 2.35. The fourth-order valence-corrected chi connectivity index (χ4v) is 1.99. The van der Waals surface area contributed by atoms with Crippen LogP contribution in [0.4, 0.5) is 17.5 Å². The maximum atomic E-state index is 11.5. The molecule has 0 bridgehead atoms. The molecule has 1 saturated heterocycles. The number of carbonyl (C=O) groups is 1. The normalized spacial score (nSPS) is 25.6. The number of nitrogens with zero attached hydrogens (tertiary/aromatic N) is 2. The summed E-state index contributed by atoms with van der Waals surface area (Å²) in [6.07, 6.45) is -2.22. The quantitative estimate of drug-likeness (QED) is 0.374. The Morgan fingerprint density at radius 1 is 1.55 bits per heavy atom. The Labute approximate surface area is 113 Å². The number of rotatable bonds is 4. The van der Waals surface area contributed by atoms with Gasteiger partial charge in [0.15, 0.2) is 5.82 Å². The van der Waals surface area contributed by atoms with Crippen LogP contribution in [0.3, 0.4) is 0 Å². The van der Waals surface area contributed by atoms with E-state index in [0.29, 0.717) is 6.41 Å². The minimum atomic E-state index is -0.937. The number of aromatic nitrogens is 2. The number of hydrogen-bond donors (Lipinski definition) is 5. The van der Waals surface area contributed by atoms with Crippen molar-refractivity contribution in [2.75, 3.05) is 23.0 Å². The van der Waals surface area contributed by atoms with Gasteiger partial charge in [0.25, 0.3) is 5.56 Å². The van der Waals surface area contributed by atoms with Gasteiger partial charge in [0.2, 0.25) is 12.4 Å². The first-order chi connectivity index (χ1) is 9.47. The van der Waals surface area contributed by atoms with Crippen LogP contribution >= 0.6 is 0 Å². The van der Waals surface area contributed by atoms with Crippen LogP contribution in [0, 0.1) is 0 Å². The molecule has 0 saturated carbocycles. The smallest absolute Gasteiger partial charge is 0.277 e. The number of nitrogens with one attached hydrogen (secondary N) is 1. The molecule has 10 nitrogen and oxygen atoms in total. The number of H-pyrrole nitrogens is 1. The van der Waals surface area contributed by atoms with E-state index >= 15 is 0 Å². The van der Waals surface area contributed by atoms with E-state index in [-0.39, 0.29) is 23.9 Å². The predicted molar refractivity (Wildman–Crippen MR) is 68.6 cm³/mol. The third-order valence-corrected chi connectivity index (χ3v) is 3.01. The highest BCUT2D eigenvalue weighted by Gasteiger charge is 2.38. The number of aromatic amines is 1. The standard InChI is InChI=1S/C10H15N5O5/c11-7-8(13-10(12)14-9(7)19)15(3-17)6-1-4(18)5(2-16)20-6/h3-6,16,18H,1-2,11H2,(H3,12,13,14,19)/t4-,5+,6-/m0/s1. The molecule has 0 aromatic carbocycles. The molecule has 7 N–H and O–H groups in total. The van der Waals surface area contributed by atoms with Crippen molar-refractivity contribution in [1.82, 2.24) is 9.97 Å². The van der Waals surface area contributed by atoms with Crippen LogP contribution in [0.5, 0.6) is 0 Å². The minimum Gasteiger partial charge on any atom is -0.394 e. The molecular formula is C10H15N5O5. The summed E-state index contributed by atoms with van der Waals surface area (Å²) in [5.41, 5.74) is 9.99. The van der Waals surface area contributed by atoms with Gasteiger partial charge in [0, 0.05) is 6.42 Å². The maximum absolute atomic E-state index is 11.5. The maximum Gasteiger partial charge on any atom is 0.277 e. The Bertz CT molecular complexity index is 561. The van der Waals surface area contributed by atoms with E-state index in [0.717, 1.165) is 4.90 Å². The third-order valence-electron chi connectivity index (χ3n) is 3.01. The number of carbonyl (C=O) groups excluding carboxylic acids is 1. The topological polar surface area (TPSA) is 168 Å². The van der Waals surface area contributed by atoms with E-state index in [1.807, 2.05) is 0 Å². The van der Waals surface area contributed by atoms with Crippen molar-refractivity contribution in [3.63, 3.8) is 0 Å². The molecule has 2 rings (SSSR count). The number of anilines is 3. The number of hydrogen-bond acceptors (Lipinski definition) is 8. The summed E-state index contributed by atoms with van der Waals surface area (Å²) in [5, 5.41) is 18.7. The lowest BCUT2D eigenvalue weighted by Gasteiger charge is -2.24. The van der Waals surface area contributed by atoms with Gasteiger partial charge in [-0.05, 0) is 0 Å². The first-order valence-electron chi connectivity index (χ1n) is 5.81. The van der Waals surface area contributed by atoms with Crippen LogP contribution < -0.4 is 21.9 Å². The van der Waals surface area contributed by atoms with E-state index in [1.54, 1.807) is 0 Å². The van der Waals surface area contributed by atoms with Crippen molar-refractivity contribution < 1.29 is 19.7 Å². The summed E-state index contributed by atoms with van der Waals surface area (Å²) >= 11 is 0. The van der Waals surface area contributed by atoms with Crippen LogP contribution in [0.1, 0.15) is 6.42 Å². The molecular weight excluding hydrogens is 270 g/mol. The Kier molecular flexibility index (Phi) is 3.88. The highest BCUT2D eigenvalue weighted by molar-refractivity contribution is 5.80. The van der Waals surface area contributed by atoms with Crippen molar-refractivity contribution in [2.24, 2.45) is 0 Å². The van der Waals surface area contributed by atoms with Gasteiger partial charge in [-0.1, -0.05) is 0 Å². The number of nitrogen functional groups attached to an aromatic ring is 2. The summed E-state index contributed by atoms with van der Waals surface area (Å²) < 4.78 is 5.31. The molecule has 0 radical (unpaired) electrons. The lowest BCUT2D eigenvalue weighted by atomic mass is 10.2. The lowest BCUT2D eigenvalue weighted by Crippen LogP contribution is -2.37. The molecule has 110 valence electrons. The monoisotopic (exact) mass is 285 g/mol. The zero-order valence-corrected chi connectivity index (χ0v) is 10.4. The Morgan fingerprint density at radius 3 is 2.80 bits per heavy atom. The first-order valence-corrected chi connectivity index (χ1v) is 5.81. The Morgan fingerprint density at radius 2 is 2.25 bits per heavy atom. The fraction of sp³-hybridized carbons (Fsp3) is 0.500. The molecule has 0 unspecified atom stereocenters. The molecule has 20 heavy (non-hydrogen) atoms. The predicted octanol–water partition coefficient (Wildman–Crippen LogP) is -2.63. The van der Waals surface area contributed by atoms with E-state index in [2.05, 4.69) is 9.97 Å². The fourth-order valence-electron chi connectivity index (χ4n) is 1.99. The molecule has 3 atom stereocenters. The molecule has 2 heterocycles. The summed E-state index contributed by atoms with van der Waals surface area (Å²) in [4.78, 5) is 29.7. The van der Waals surface area contributed by atoms with Crippen LogP contribution in [0.25, 0.3) is 0 Å². The molecule has 1 aromatic heterocycles. The van der Waals surface area contributed by atoms with Gasteiger partial charge in [-0.15, -0.1) is 0 Å². The highest BCUT2D eigenvalue weighted by atomic mass is 16.5. The van der Waals surface area contributed by atoms with E-state index < -0.39 is 30.6 Å². The SMILES string of the molecule is Nc1nc(N(C=O)[C@@H]2C[C@H](O)[C@@H](CO)O2)c(N)c(=O)[nH]1. The van der Waals surface area contributed by atoms with Gasteiger partial charge in [-0.25, -0.2) is 0 Å². The zero-order chi connectivity index (χ0) is 14.9. The summed E-state index contributed by atoms with van der Waals surface area (Å²) in [6, 6.07) is 0. The van der Waals surface area contributed by atoms with Crippen LogP contribution in [-0.2, 0) is 9.53 Å². The zero-order valence-electron chi connectivity index (χ0n) is 10.4. The van der Waals surface area contributed by atoms with Gasteiger partial charge >= 0.3 is 0 Å². The van der Waals surface area contributed by atoms with Gasteiger partial charge < -0.3 is 26.4 Å². The summed E-state index contributed by atoms with van der Waals surface area (Å²) in [5.74, 6) is -0.361. The van der Waals surface area contributed by atoms with E-state index in [9.17, 15) is 14.7 Å². The molecule has 1 aromatic rings. The van der Waals surface area contributed by atoms with Crippen molar-refractivity contribution in [3.8, 4) is 0 Å². The van der Waals surface area contributed by atoms with Crippen LogP contribution in [0.2, 0.25) is 0 Å². The van der Waals surface area contributed by atoms with Gasteiger partial charge in [-0.2, -0.15) is 4.98 Å². The van der Waals surface area contributed by atoms with Crippen molar-refractivity contribution in [2.45, 2.75) is 24.9 Å². The molecule has 1 fully saturated rings. The molecule has 1 amide bonds. The minimum absolute atomic E-state index is 0.0534. The molecule has 0 aliphatic carbocycles. The molecule has 1 aliphatic heterocycles. The lowest BCUT2D eigenvalue weighted by molar-refractivity contribution is -0.110. The van der Waals surface area contributed by atoms with Crippen molar-refractivity contribution in [3.05, 3.63) is 10.4 Å².